The average molecular weight is 362 g/mol. The third-order valence-electron chi connectivity index (χ3n) is 5.21. The topological polar surface area (TPSA) is 75.7 Å². The number of carbonyl (C=O) groups is 3. The van der Waals surface area contributed by atoms with E-state index in [1.807, 2.05) is 6.08 Å². The highest BCUT2D eigenvalue weighted by Crippen LogP contribution is 2.53. The van der Waals surface area contributed by atoms with Crippen LogP contribution in [0.15, 0.2) is 24.4 Å². The molecule has 0 saturated carbocycles. The van der Waals surface area contributed by atoms with Crippen LogP contribution in [-0.2, 0) is 19.1 Å². The van der Waals surface area contributed by atoms with Gasteiger partial charge in [0, 0.05) is 25.2 Å². The molecule has 1 N–H and O–H groups in total. The quantitative estimate of drug-likeness (QED) is 0.389. The average Bonchev–Trinajstić information content (AvgIpc) is 2.86. The van der Waals surface area contributed by atoms with Gasteiger partial charge in [-0.3, -0.25) is 14.4 Å². The number of carbonyl (C=O) groups excluding carboxylic acids is 3. The van der Waals surface area contributed by atoms with Crippen LogP contribution in [0.3, 0.4) is 0 Å². The van der Waals surface area contributed by atoms with Crippen molar-refractivity contribution in [2.75, 3.05) is 19.7 Å². The molecule has 1 aliphatic carbocycles. The van der Waals surface area contributed by atoms with Gasteiger partial charge in [0.15, 0.2) is 0 Å². The lowest BCUT2D eigenvalue weighted by molar-refractivity contribution is -0.158. The Hall–Kier alpha value is -2.11. The number of likely N-dealkylation sites (tertiary alicyclic amines) is 1. The molecule has 1 saturated heterocycles. The zero-order valence-corrected chi connectivity index (χ0v) is 15.9. The van der Waals surface area contributed by atoms with E-state index in [0.29, 0.717) is 25.2 Å². The molecule has 1 heterocycles. The molecule has 1 aliphatic heterocycles. The first-order chi connectivity index (χ1) is 12.5. The lowest BCUT2D eigenvalue weighted by atomic mass is 9.68. The molecule has 6 heteroatoms. The minimum absolute atomic E-state index is 0.00629. The van der Waals surface area contributed by atoms with Gasteiger partial charge in [0.25, 0.3) is 0 Å². The maximum Gasteiger partial charge on any atom is 0.318 e. The first kappa shape index (κ1) is 20.2. The third-order valence-corrected chi connectivity index (χ3v) is 5.21. The Kier molecular flexibility index (Phi) is 7.00. The number of allylic oxidation sites excluding steroid dienone is 1. The molecule has 0 bridgehead atoms. The molecule has 2 amide bonds. The zero-order valence-electron chi connectivity index (χ0n) is 15.9. The maximum absolute atomic E-state index is 13.1. The lowest BCUT2D eigenvalue weighted by Gasteiger charge is -2.35. The van der Waals surface area contributed by atoms with E-state index in [1.165, 1.54) is 0 Å². The second-order valence-corrected chi connectivity index (χ2v) is 6.87. The summed E-state index contributed by atoms with van der Waals surface area (Å²) < 4.78 is 5.36. The van der Waals surface area contributed by atoms with Crippen molar-refractivity contribution < 1.29 is 19.1 Å². The minimum Gasteiger partial charge on any atom is -0.465 e. The summed E-state index contributed by atoms with van der Waals surface area (Å²) in [5, 5.41) is 2.86. The van der Waals surface area contributed by atoms with Crippen LogP contribution in [0.25, 0.3) is 0 Å². The Labute approximate surface area is 155 Å². The Morgan fingerprint density at radius 2 is 2.23 bits per heavy atom. The molecule has 0 aromatic carbocycles. The van der Waals surface area contributed by atoms with Gasteiger partial charge in [0.05, 0.1) is 12.5 Å². The predicted molar refractivity (Wildman–Crippen MR) is 98.9 cm³/mol. The maximum atomic E-state index is 13.1. The molecule has 0 radical (unpaired) electrons. The van der Waals surface area contributed by atoms with Crippen molar-refractivity contribution in [1.82, 2.24) is 10.2 Å². The standard InChI is InChI=1S/C20H30N2O4/c1-4-7-12-21-17(23)14-15-18(24)22(13-5-2)16-10-8-9-11-20(15,16)19(25)26-6-3/h5,10,15H,2,4,6-9,11-14H2,1,3H3,(H,21,23)/t15-,20-/m0/s1. The van der Waals surface area contributed by atoms with E-state index in [-0.39, 0.29) is 24.8 Å². The number of rotatable bonds is 9. The van der Waals surface area contributed by atoms with E-state index in [1.54, 1.807) is 17.9 Å². The SMILES string of the molecule is C=CCN1C(=O)[C@H](CC(=O)NCCCC)[C@@]2(C(=O)OCC)CCCC=C12. The molecular formula is C20H30N2O4. The molecule has 2 aliphatic rings. The van der Waals surface area contributed by atoms with Gasteiger partial charge in [-0.1, -0.05) is 25.5 Å². The number of ether oxygens (including phenoxy) is 1. The molecule has 6 nitrogen and oxygen atoms in total. The first-order valence-electron chi connectivity index (χ1n) is 9.59. The highest BCUT2D eigenvalue weighted by molar-refractivity contribution is 5.99. The highest BCUT2D eigenvalue weighted by atomic mass is 16.5. The summed E-state index contributed by atoms with van der Waals surface area (Å²) >= 11 is 0. The van der Waals surface area contributed by atoms with Gasteiger partial charge in [-0.2, -0.15) is 0 Å². The van der Waals surface area contributed by atoms with Gasteiger partial charge in [-0.05, 0) is 32.6 Å². The van der Waals surface area contributed by atoms with Crippen LogP contribution in [0.2, 0.25) is 0 Å². The van der Waals surface area contributed by atoms with Crippen molar-refractivity contribution in [3.63, 3.8) is 0 Å². The second kappa shape index (κ2) is 9.01. The number of fused-ring (bicyclic) bond motifs is 1. The molecule has 2 rings (SSSR count). The van der Waals surface area contributed by atoms with Crippen LogP contribution in [0, 0.1) is 11.3 Å². The van der Waals surface area contributed by atoms with E-state index in [9.17, 15) is 14.4 Å². The van der Waals surface area contributed by atoms with E-state index in [2.05, 4.69) is 18.8 Å². The largest absolute Gasteiger partial charge is 0.465 e. The number of nitrogens with zero attached hydrogens (tertiary/aromatic N) is 1. The monoisotopic (exact) mass is 362 g/mol. The second-order valence-electron chi connectivity index (χ2n) is 6.87. The van der Waals surface area contributed by atoms with Gasteiger partial charge in [-0.25, -0.2) is 0 Å². The first-order valence-corrected chi connectivity index (χ1v) is 9.59. The van der Waals surface area contributed by atoms with Crippen LogP contribution >= 0.6 is 0 Å². The van der Waals surface area contributed by atoms with Gasteiger partial charge in [0.1, 0.15) is 5.41 Å². The Balaban J connectivity index is 2.35. The fourth-order valence-electron chi connectivity index (χ4n) is 4.00. The van der Waals surface area contributed by atoms with Crippen LogP contribution < -0.4 is 5.32 Å². The third kappa shape index (κ3) is 3.69. The van der Waals surface area contributed by atoms with Gasteiger partial charge < -0.3 is 15.0 Å². The summed E-state index contributed by atoms with van der Waals surface area (Å²) in [6.45, 7) is 8.69. The highest BCUT2D eigenvalue weighted by Gasteiger charge is 2.61. The molecule has 1 fully saturated rings. The van der Waals surface area contributed by atoms with Crippen LogP contribution in [0.5, 0.6) is 0 Å². The van der Waals surface area contributed by atoms with E-state index >= 15 is 0 Å². The summed E-state index contributed by atoms with van der Waals surface area (Å²) in [6.07, 6.45) is 7.62. The molecule has 0 spiro atoms. The van der Waals surface area contributed by atoms with E-state index < -0.39 is 17.3 Å². The van der Waals surface area contributed by atoms with Crippen LogP contribution in [0.4, 0.5) is 0 Å². The molecule has 26 heavy (non-hydrogen) atoms. The fourth-order valence-corrected chi connectivity index (χ4v) is 4.00. The number of nitrogens with one attached hydrogen (secondary N) is 1. The summed E-state index contributed by atoms with van der Waals surface area (Å²) in [5.41, 5.74) is -0.352. The van der Waals surface area contributed by atoms with Crippen molar-refractivity contribution in [3.8, 4) is 0 Å². The Bertz CT molecular complexity index is 599. The molecule has 0 aromatic rings. The van der Waals surface area contributed by atoms with E-state index in [4.69, 9.17) is 4.74 Å². The Morgan fingerprint density at radius 3 is 2.88 bits per heavy atom. The number of esters is 1. The molecule has 0 aromatic heterocycles. The molecule has 144 valence electrons. The van der Waals surface area contributed by atoms with Crippen LogP contribution in [-0.4, -0.2) is 42.4 Å². The summed E-state index contributed by atoms with van der Waals surface area (Å²) in [5.74, 6) is -1.48. The van der Waals surface area contributed by atoms with Crippen molar-refractivity contribution in [3.05, 3.63) is 24.4 Å². The molecule has 0 unspecified atom stereocenters. The van der Waals surface area contributed by atoms with Gasteiger partial charge >= 0.3 is 5.97 Å². The van der Waals surface area contributed by atoms with Gasteiger partial charge in [-0.15, -0.1) is 6.58 Å². The number of hydrogen-bond donors (Lipinski definition) is 1. The van der Waals surface area contributed by atoms with Crippen molar-refractivity contribution in [2.24, 2.45) is 11.3 Å². The Morgan fingerprint density at radius 1 is 1.46 bits per heavy atom. The molecular weight excluding hydrogens is 332 g/mol. The smallest absolute Gasteiger partial charge is 0.318 e. The van der Waals surface area contributed by atoms with Gasteiger partial charge in [0.2, 0.25) is 11.8 Å². The summed E-state index contributed by atoms with van der Waals surface area (Å²) in [7, 11) is 0. The number of hydrogen-bond acceptors (Lipinski definition) is 4. The zero-order chi connectivity index (χ0) is 19.2. The van der Waals surface area contributed by atoms with E-state index in [0.717, 1.165) is 25.7 Å². The predicted octanol–water partition coefficient (Wildman–Crippen LogP) is 2.55. The number of amides is 2. The normalized spacial score (nSPS) is 24.7. The summed E-state index contributed by atoms with van der Waals surface area (Å²) in [6, 6.07) is 0. The number of unbranched alkanes of at least 4 members (excludes halogenated alkanes) is 1. The van der Waals surface area contributed by atoms with Crippen molar-refractivity contribution in [1.29, 1.82) is 0 Å². The fraction of sp³-hybridized carbons (Fsp3) is 0.650. The van der Waals surface area contributed by atoms with Crippen LogP contribution in [0.1, 0.15) is 52.4 Å². The molecule has 2 atom stereocenters. The van der Waals surface area contributed by atoms with Crippen molar-refractivity contribution >= 4 is 17.8 Å². The lowest BCUT2D eigenvalue weighted by Crippen LogP contribution is -2.43. The summed E-state index contributed by atoms with van der Waals surface area (Å²) in [4.78, 5) is 40.1. The minimum atomic E-state index is -1.05. The van der Waals surface area contributed by atoms with Crippen molar-refractivity contribution in [2.45, 2.75) is 52.4 Å².